The van der Waals surface area contributed by atoms with Crippen molar-refractivity contribution >= 4 is 22.5 Å². The van der Waals surface area contributed by atoms with Crippen LogP contribution in [-0.2, 0) is 13.6 Å². The van der Waals surface area contributed by atoms with Crippen LogP contribution in [-0.4, -0.2) is 29.1 Å². The fraction of sp³-hybridized carbons (Fsp3) is 0.143. The minimum Gasteiger partial charge on any atom is -0.364 e. The van der Waals surface area contributed by atoms with Crippen LogP contribution in [0.4, 0.5) is 5.82 Å². The Hall–Kier alpha value is -2.96. The number of fused-ring (bicyclic) bond motifs is 2. The van der Waals surface area contributed by atoms with Gasteiger partial charge in [-0.05, 0) is 12.1 Å². The van der Waals surface area contributed by atoms with Gasteiger partial charge < -0.3 is 9.72 Å². The summed E-state index contributed by atoms with van der Waals surface area (Å²) in [7, 11) is 1.86. The number of pyridine rings is 1. The second-order valence-corrected chi connectivity index (χ2v) is 4.78. The molecule has 4 aromatic heterocycles. The number of hydrogen-bond donors (Lipinski definition) is 1. The molecule has 4 aromatic rings. The van der Waals surface area contributed by atoms with E-state index in [1.165, 1.54) is 6.33 Å². The van der Waals surface area contributed by atoms with E-state index in [2.05, 4.69) is 25.4 Å². The fourth-order valence-electron chi connectivity index (χ4n) is 2.35. The van der Waals surface area contributed by atoms with Crippen LogP contribution in [0.1, 0.15) is 5.69 Å². The molecule has 21 heavy (non-hydrogen) atoms. The molecule has 104 valence electrons. The molecule has 0 spiro atoms. The van der Waals surface area contributed by atoms with Crippen molar-refractivity contribution < 1.29 is 0 Å². The highest BCUT2D eigenvalue weighted by Gasteiger charge is 2.08. The van der Waals surface area contributed by atoms with E-state index >= 15 is 0 Å². The maximum absolute atomic E-state index is 4.55. The molecule has 0 bridgehead atoms. The van der Waals surface area contributed by atoms with Crippen LogP contribution in [0.5, 0.6) is 0 Å². The van der Waals surface area contributed by atoms with Crippen LogP contribution in [0.3, 0.4) is 0 Å². The van der Waals surface area contributed by atoms with Crippen molar-refractivity contribution in [3.05, 3.63) is 48.8 Å². The molecule has 0 saturated carbocycles. The zero-order chi connectivity index (χ0) is 14.2. The van der Waals surface area contributed by atoms with Crippen LogP contribution in [0, 0.1) is 0 Å². The molecule has 0 aliphatic heterocycles. The summed E-state index contributed by atoms with van der Waals surface area (Å²) in [5, 5.41) is 8.40. The van der Waals surface area contributed by atoms with E-state index in [0.29, 0.717) is 6.54 Å². The van der Waals surface area contributed by atoms with Gasteiger partial charge >= 0.3 is 0 Å². The van der Waals surface area contributed by atoms with Gasteiger partial charge in [-0.2, -0.15) is 5.10 Å². The van der Waals surface area contributed by atoms with Gasteiger partial charge in [0.25, 0.3) is 0 Å². The number of anilines is 1. The zero-order valence-corrected chi connectivity index (χ0v) is 11.4. The van der Waals surface area contributed by atoms with Gasteiger partial charge in [0.15, 0.2) is 5.65 Å². The van der Waals surface area contributed by atoms with Crippen molar-refractivity contribution in [3.63, 3.8) is 0 Å². The number of imidazole rings is 1. The third-order valence-electron chi connectivity index (χ3n) is 3.38. The normalized spacial score (nSPS) is 11.3. The van der Waals surface area contributed by atoms with Crippen molar-refractivity contribution in [3.8, 4) is 0 Å². The van der Waals surface area contributed by atoms with Crippen molar-refractivity contribution in [1.82, 2.24) is 29.1 Å². The zero-order valence-electron chi connectivity index (χ0n) is 11.4. The summed E-state index contributed by atoms with van der Waals surface area (Å²) in [5.74, 6) is 0.769. The molecule has 1 N–H and O–H groups in total. The van der Waals surface area contributed by atoms with E-state index in [1.807, 2.05) is 42.0 Å². The largest absolute Gasteiger partial charge is 0.364 e. The smallest absolute Gasteiger partial charge is 0.163 e. The number of aromatic nitrogens is 6. The quantitative estimate of drug-likeness (QED) is 0.617. The highest BCUT2D eigenvalue weighted by molar-refractivity contribution is 5.85. The second kappa shape index (κ2) is 4.55. The lowest BCUT2D eigenvalue weighted by Crippen LogP contribution is -2.03. The van der Waals surface area contributed by atoms with Gasteiger partial charge in [-0.25, -0.2) is 15.0 Å². The Balaban J connectivity index is 1.63. The number of rotatable bonds is 3. The number of nitrogens with zero attached hydrogens (tertiary/aromatic N) is 6. The van der Waals surface area contributed by atoms with Crippen LogP contribution >= 0.6 is 0 Å². The molecule has 0 fully saturated rings. The predicted octanol–water partition coefficient (Wildman–Crippen LogP) is 1.62. The van der Waals surface area contributed by atoms with Crippen LogP contribution in [0.15, 0.2) is 43.1 Å². The Bertz CT molecular complexity index is 888. The number of aryl methyl sites for hydroxylation is 1. The standard InChI is InChI=1S/C14H13N7/c1-20-14-11(7-18-20)13(16-9-17-14)15-6-10-8-21-5-3-2-4-12(21)19-10/h2-5,7-9H,6H2,1H3,(H,15,16,17). The highest BCUT2D eigenvalue weighted by Crippen LogP contribution is 2.18. The van der Waals surface area contributed by atoms with E-state index in [0.717, 1.165) is 28.2 Å². The first-order valence-corrected chi connectivity index (χ1v) is 6.60. The summed E-state index contributed by atoms with van der Waals surface area (Å²) in [6.07, 6.45) is 7.29. The summed E-state index contributed by atoms with van der Waals surface area (Å²) in [6.45, 7) is 0.600. The van der Waals surface area contributed by atoms with Crippen LogP contribution in [0.25, 0.3) is 16.7 Å². The van der Waals surface area contributed by atoms with Crippen LogP contribution in [0.2, 0.25) is 0 Å². The molecule has 4 rings (SSSR count). The van der Waals surface area contributed by atoms with Crippen LogP contribution < -0.4 is 5.32 Å². The number of nitrogens with one attached hydrogen (secondary N) is 1. The van der Waals surface area contributed by atoms with Gasteiger partial charge in [-0.3, -0.25) is 4.68 Å². The van der Waals surface area contributed by atoms with Crippen molar-refractivity contribution in [1.29, 1.82) is 0 Å². The third kappa shape index (κ3) is 1.99. The van der Waals surface area contributed by atoms with E-state index < -0.39 is 0 Å². The Morgan fingerprint density at radius 2 is 2.19 bits per heavy atom. The van der Waals surface area contributed by atoms with Crippen molar-refractivity contribution in [2.24, 2.45) is 7.05 Å². The molecule has 0 aromatic carbocycles. The SMILES string of the molecule is Cn1ncc2c(NCc3cn4ccccc4n3)ncnc21. The molecule has 0 unspecified atom stereocenters. The molecule has 7 nitrogen and oxygen atoms in total. The van der Waals surface area contributed by atoms with E-state index in [-0.39, 0.29) is 0 Å². The predicted molar refractivity (Wildman–Crippen MR) is 78.8 cm³/mol. The molecule has 4 heterocycles. The third-order valence-corrected chi connectivity index (χ3v) is 3.38. The molecule has 0 aliphatic rings. The summed E-state index contributed by atoms with van der Waals surface area (Å²) < 4.78 is 3.73. The first-order chi connectivity index (χ1) is 10.3. The lowest BCUT2D eigenvalue weighted by Gasteiger charge is -2.03. The molecule has 0 amide bonds. The fourth-order valence-corrected chi connectivity index (χ4v) is 2.35. The molecule has 7 heteroatoms. The van der Waals surface area contributed by atoms with E-state index in [1.54, 1.807) is 10.9 Å². The average Bonchev–Trinajstić information content (AvgIpc) is 3.09. The second-order valence-electron chi connectivity index (χ2n) is 4.78. The minimum absolute atomic E-state index is 0.600. The Morgan fingerprint density at radius 1 is 1.24 bits per heavy atom. The van der Waals surface area contributed by atoms with Gasteiger partial charge in [0, 0.05) is 19.4 Å². The summed E-state index contributed by atoms with van der Waals surface area (Å²) in [5.41, 5.74) is 2.70. The highest BCUT2D eigenvalue weighted by atomic mass is 15.3. The molecular weight excluding hydrogens is 266 g/mol. The van der Waals surface area contributed by atoms with Gasteiger partial charge in [0.05, 0.1) is 23.8 Å². The maximum Gasteiger partial charge on any atom is 0.163 e. The molecule has 0 aliphatic carbocycles. The van der Waals surface area contributed by atoms with E-state index in [4.69, 9.17) is 0 Å². The maximum atomic E-state index is 4.55. The van der Waals surface area contributed by atoms with Gasteiger partial charge in [-0.15, -0.1) is 0 Å². The van der Waals surface area contributed by atoms with Gasteiger partial charge in [-0.1, -0.05) is 6.07 Å². The Labute approximate surface area is 120 Å². The molecule has 0 radical (unpaired) electrons. The minimum atomic E-state index is 0.600. The topological polar surface area (TPSA) is 72.9 Å². The van der Waals surface area contributed by atoms with E-state index in [9.17, 15) is 0 Å². The molecule has 0 atom stereocenters. The monoisotopic (exact) mass is 279 g/mol. The average molecular weight is 279 g/mol. The van der Waals surface area contributed by atoms with Gasteiger partial charge in [0.1, 0.15) is 17.8 Å². The first-order valence-electron chi connectivity index (χ1n) is 6.60. The molecule has 0 saturated heterocycles. The number of hydrogen-bond acceptors (Lipinski definition) is 5. The van der Waals surface area contributed by atoms with Gasteiger partial charge in [0.2, 0.25) is 0 Å². The lowest BCUT2D eigenvalue weighted by molar-refractivity contribution is 0.785. The van der Waals surface area contributed by atoms with Crippen molar-refractivity contribution in [2.75, 3.05) is 5.32 Å². The summed E-state index contributed by atoms with van der Waals surface area (Å²) >= 11 is 0. The lowest BCUT2D eigenvalue weighted by atomic mass is 10.4. The first kappa shape index (κ1) is 11.8. The van der Waals surface area contributed by atoms with Crippen molar-refractivity contribution in [2.45, 2.75) is 6.54 Å². The Kier molecular flexibility index (Phi) is 2.56. The molecular formula is C14H13N7. The Morgan fingerprint density at radius 3 is 3.10 bits per heavy atom. The summed E-state index contributed by atoms with van der Waals surface area (Å²) in [4.78, 5) is 13.0. The summed E-state index contributed by atoms with van der Waals surface area (Å²) in [6, 6.07) is 5.94.